The van der Waals surface area contributed by atoms with Gasteiger partial charge in [0.05, 0.1) is 5.60 Å². The van der Waals surface area contributed by atoms with Crippen LogP contribution in [-0.2, 0) is 9.53 Å². The van der Waals surface area contributed by atoms with Gasteiger partial charge in [0.25, 0.3) is 0 Å². The molecule has 1 saturated heterocycles. The molecule has 0 aromatic heterocycles. The van der Waals surface area contributed by atoms with E-state index in [0.717, 1.165) is 32.3 Å². The van der Waals surface area contributed by atoms with E-state index in [4.69, 9.17) is 4.74 Å². The number of hydrogen-bond acceptors (Lipinski definition) is 2. The molecule has 0 aromatic rings. The van der Waals surface area contributed by atoms with Crippen LogP contribution in [-0.4, -0.2) is 18.0 Å². The van der Waals surface area contributed by atoms with E-state index in [2.05, 4.69) is 6.92 Å². The first-order chi connectivity index (χ1) is 6.23. The normalized spacial score (nSPS) is 33.6. The second-order valence-corrected chi connectivity index (χ2v) is 4.50. The maximum Gasteiger partial charge on any atom is 0.133 e. The quantitative estimate of drug-likeness (QED) is 0.574. The van der Waals surface area contributed by atoms with Gasteiger partial charge in [0.15, 0.2) is 0 Å². The number of carbonyl (C=O) groups is 1. The minimum Gasteiger partial charge on any atom is -0.375 e. The first-order valence-corrected chi connectivity index (χ1v) is 5.39. The van der Waals surface area contributed by atoms with Crippen molar-refractivity contribution < 1.29 is 9.53 Å². The highest BCUT2D eigenvalue weighted by molar-refractivity contribution is 5.79. The Kier molecular flexibility index (Phi) is 2.41. The van der Waals surface area contributed by atoms with Crippen LogP contribution >= 0.6 is 0 Å². The molecule has 2 aliphatic rings. The van der Waals surface area contributed by atoms with Crippen molar-refractivity contribution in [2.75, 3.05) is 6.61 Å². The molecule has 1 atom stereocenters. The number of ether oxygens (including phenoxy) is 1. The average Bonchev–Trinajstić information content (AvgIpc) is 2.15. The minimum absolute atomic E-state index is 0.0756. The summed E-state index contributed by atoms with van der Waals surface area (Å²) in [5.74, 6) is 1.07. The fourth-order valence-corrected chi connectivity index (χ4v) is 2.66. The number of ketones is 1. The second-order valence-electron chi connectivity index (χ2n) is 4.50. The number of rotatable bonds is 0. The van der Waals surface area contributed by atoms with Crippen LogP contribution in [0.15, 0.2) is 0 Å². The number of Topliss-reactive ketones (excluding diaryl/α,β-unsaturated/α-hetero) is 1. The van der Waals surface area contributed by atoms with Crippen molar-refractivity contribution in [3.63, 3.8) is 0 Å². The highest BCUT2D eigenvalue weighted by Gasteiger charge is 2.41. The molecule has 2 fully saturated rings. The van der Waals surface area contributed by atoms with Gasteiger partial charge in [-0.25, -0.2) is 0 Å². The third-order valence-electron chi connectivity index (χ3n) is 3.72. The Morgan fingerprint density at radius 3 is 2.69 bits per heavy atom. The lowest BCUT2D eigenvalue weighted by Crippen LogP contribution is -2.46. The first-order valence-electron chi connectivity index (χ1n) is 5.39. The van der Waals surface area contributed by atoms with Crippen LogP contribution in [0.1, 0.15) is 45.4 Å². The van der Waals surface area contributed by atoms with E-state index < -0.39 is 0 Å². The molecule has 74 valence electrons. The smallest absolute Gasteiger partial charge is 0.133 e. The maximum atomic E-state index is 11.1. The fraction of sp³-hybridized carbons (Fsp3) is 0.909. The van der Waals surface area contributed by atoms with Gasteiger partial charge in [0, 0.05) is 19.4 Å². The Balaban J connectivity index is 2.05. The topological polar surface area (TPSA) is 26.3 Å². The van der Waals surface area contributed by atoms with Gasteiger partial charge in [-0.15, -0.1) is 0 Å². The lowest BCUT2D eigenvalue weighted by molar-refractivity contribution is -0.148. The molecule has 0 amide bonds. The Labute approximate surface area is 79.7 Å². The third kappa shape index (κ3) is 1.64. The van der Waals surface area contributed by atoms with Crippen LogP contribution in [0.25, 0.3) is 0 Å². The predicted octanol–water partition coefficient (Wildman–Crippen LogP) is 2.31. The van der Waals surface area contributed by atoms with Crippen LogP contribution < -0.4 is 0 Å². The minimum atomic E-state index is 0.0756. The lowest BCUT2D eigenvalue weighted by atomic mass is 9.73. The highest BCUT2D eigenvalue weighted by Crippen LogP contribution is 2.41. The van der Waals surface area contributed by atoms with E-state index in [1.54, 1.807) is 0 Å². The molecular formula is C11H18O2. The molecule has 1 heterocycles. The molecule has 1 aliphatic heterocycles. The summed E-state index contributed by atoms with van der Waals surface area (Å²) >= 11 is 0. The van der Waals surface area contributed by atoms with Crippen LogP contribution in [0, 0.1) is 5.92 Å². The first kappa shape index (κ1) is 9.20. The average molecular weight is 182 g/mol. The van der Waals surface area contributed by atoms with Gasteiger partial charge in [-0.2, -0.15) is 0 Å². The van der Waals surface area contributed by atoms with Crippen molar-refractivity contribution >= 4 is 5.78 Å². The summed E-state index contributed by atoms with van der Waals surface area (Å²) in [5.41, 5.74) is 0.0756. The van der Waals surface area contributed by atoms with Crippen LogP contribution in [0.2, 0.25) is 0 Å². The van der Waals surface area contributed by atoms with E-state index in [1.807, 2.05) is 0 Å². The van der Waals surface area contributed by atoms with Gasteiger partial charge >= 0.3 is 0 Å². The van der Waals surface area contributed by atoms with Gasteiger partial charge < -0.3 is 4.74 Å². The van der Waals surface area contributed by atoms with Gasteiger partial charge in [0.1, 0.15) is 5.78 Å². The van der Waals surface area contributed by atoms with E-state index in [1.165, 1.54) is 12.8 Å². The van der Waals surface area contributed by atoms with E-state index in [0.29, 0.717) is 11.7 Å². The Bertz CT molecular complexity index is 200. The molecule has 0 N–H and O–H groups in total. The SMILES string of the molecule is CC1CCCOC12CCC(=O)CC2. The summed E-state index contributed by atoms with van der Waals surface area (Å²) in [6.45, 7) is 3.17. The van der Waals surface area contributed by atoms with Crippen LogP contribution in [0.4, 0.5) is 0 Å². The molecule has 0 bridgehead atoms. The van der Waals surface area contributed by atoms with E-state index in [-0.39, 0.29) is 5.60 Å². The molecule has 2 nitrogen and oxygen atoms in total. The number of carbonyl (C=O) groups excluding carboxylic acids is 1. The van der Waals surface area contributed by atoms with Crippen molar-refractivity contribution in [1.29, 1.82) is 0 Å². The van der Waals surface area contributed by atoms with Crippen molar-refractivity contribution in [1.82, 2.24) is 0 Å². The van der Waals surface area contributed by atoms with Crippen molar-refractivity contribution in [3.05, 3.63) is 0 Å². The summed E-state index contributed by atoms with van der Waals surface area (Å²) in [4.78, 5) is 11.1. The molecule has 2 rings (SSSR count). The monoisotopic (exact) mass is 182 g/mol. The zero-order valence-corrected chi connectivity index (χ0v) is 8.34. The lowest BCUT2D eigenvalue weighted by Gasteiger charge is -2.44. The van der Waals surface area contributed by atoms with E-state index >= 15 is 0 Å². The fourth-order valence-electron chi connectivity index (χ4n) is 2.66. The van der Waals surface area contributed by atoms with Crippen LogP contribution in [0.5, 0.6) is 0 Å². The summed E-state index contributed by atoms with van der Waals surface area (Å²) in [6, 6.07) is 0. The molecule has 1 saturated carbocycles. The zero-order chi connectivity index (χ0) is 9.31. The molecule has 13 heavy (non-hydrogen) atoms. The largest absolute Gasteiger partial charge is 0.375 e. The van der Waals surface area contributed by atoms with Crippen molar-refractivity contribution in [3.8, 4) is 0 Å². The third-order valence-corrected chi connectivity index (χ3v) is 3.72. The molecular weight excluding hydrogens is 164 g/mol. The van der Waals surface area contributed by atoms with Gasteiger partial charge in [0.2, 0.25) is 0 Å². The Hall–Kier alpha value is -0.370. The predicted molar refractivity (Wildman–Crippen MR) is 50.6 cm³/mol. The van der Waals surface area contributed by atoms with Gasteiger partial charge in [-0.1, -0.05) is 6.92 Å². The Morgan fingerprint density at radius 1 is 1.38 bits per heavy atom. The summed E-state index contributed by atoms with van der Waals surface area (Å²) in [5, 5.41) is 0. The summed E-state index contributed by atoms with van der Waals surface area (Å²) in [7, 11) is 0. The molecule has 1 unspecified atom stereocenters. The molecule has 0 aromatic carbocycles. The standard InChI is InChI=1S/C11H18O2/c1-9-3-2-8-13-11(9)6-4-10(12)5-7-11/h9H,2-8H2,1H3. The molecule has 1 spiro atoms. The molecule has 2 heteroatoms. The molecule has 0 radical (unpaired) electrons. The molecule has 1 aliphatic carbocycles. The summed E-state index contributed by atoms with van der Waals surface area (Å²) < 4.78 is 5.91. The summed E-state index contributed by atoms with van der Waals surface area (Å²) in [6.07, 6.45) is 5.87. The highest BCUT2D eigenvalue weighted by atomic mass is 16.5. The second kappa shape index (κ2) is 3.41. The van der Waals surface area contributed by atoms with Crippen molar-refractivity contribution in [2.24, 2.45) is 5.92 Å². The zero-order valence-electron chi connectivity index (χ0n) is 8.34. The maximum absolute atomic E-state index is 11.1. The van der Waals surface area contributed by atoms with Crippen LogP contribution in [0.3, 0.4) is 0 Å². The van der Waals surface area contributed by atoms with Gasteiger partial charge in [-0.3, -0.25) is 4.79 Å². The van der Waals surface area contributed by atoms with Gasteiger partial charge in [-0.05, 0) is 31.6 Å². The van der Waals surface area contributed by atoms with Crippen molar-refractivity contribution in [2.45, 2.75) is 51.0 Å². The Morgan fingerprint density at radius 2 is 2.08 bits per heavy atom. The van der Waals surface area contributed by atoms with E-state index in [9.17, 15) is 4.79 Å². The number of hydrogen-bond donors (Lipinski definition) is 0.